The van der Waals surface area contributed by atoms with Gasteiger partial charge in [-0.1, -0.05) is 37.3 Å². The van der Waals surface area contributed by atoms with E-state index in [0.717, 1.165) is 25.7 Å². The Morgan fingerprint density at radius 1 is 1.17 bits per heavy atom. The van der Waals surface area contributed by atoms with Crippen LogP contribution in [0, 0.1) is 5.92 Å². The number of nitrogens with zero attached hydrogens (tertiary/aromatic N) is 1. The van der Waals surface area contributed by atoms with Crippen LogP contribution < -0.4 is 0 Å². The molecule has 0 bridgehead atoms. The van der Waals surface area contributed by atoms with Gasteiger partial charge in [0.25, 0.3) is 6.48 Å². The molecule has 0 radical (unpaired) electrons. The van der Waals surface area contributed by atoms with Crippen LogP contribution in [-0.4, -0.2) is 51.6 Å². The van der Waals surface area contributed by atoms with Crippen molar-refractivity contribution in [1.82, 2.24) is 4.90 Å². The first-order chi connectivity index (χ1) is 11.1. The zero-order chi connectivity index (χ0) is 17.1. The van der Waals surface area contributed by atoms with Crippen LogP contribution in [0.25, 0.3) is 0 Å². The second-order valence-corrected chi connectivity index (χ2v) is 5.78. The molecule has 1 aromatic carbocycles. The van der Waals surface area contributed by atoms with E-state index in [-0.39, 0.29) is 12.0 Å². The Bertz CT molecular complexity index is 422. The second kappa shape index (κ2) is 11.3. The van der Waals surface area contributed by atoms with Crippen LogP contribution in [-0.2, 0) is 25.5 Å². The number of aldehydes is 1. The number of hydrogen-bond donors (Lipinski definition) is 0. The molecule has 0 N–H and O–H groups in total. The third-order valence-corrected chi connectivity index (χ3v) is 3.95. The van der Waals surface area contributed by atoms with Crippen LogP contribution in [0.4, 0.5) is 0 Å². The predicted molar refractivity (Wildman–Crippen MR) is 89.9 cm³/mol. The van der Waals surface area contributed by atoms with Gasteiger partial charge in [0.15, 0.2) is 0 Å². The molecule has 5 heteroatoms. The van der Waals surface area contributed by atoms with Crippen molar-refractivity contribution in [2.75, 3.05) is 27.9 Å². The Kier molecular flexibility index (Phi) is 9.71. The lowest BCUT2D eigenvalue weighted by molar-refractivity contribution is -0.265. The molecule has 0 aromatic heterocycles. The summed E-state index contributed by atoms with van der Waals surface area (Å²) in [6, 6.07) is 10.1. The fourth-order valence-electron chi connectivity index (χ4n) is 2.64. The summed E-state index contributed by atoms with van der Waals surface area (Å²) in [4.78, 5) is 13.6. The lowest BCUT2D eigenvalue weighted by Crippen LogP contribution is -2.38. The maximum atomic E-state index is 11.5. The average molecular weight is 323 g/mol. The Morgan fingerprint density at radius 2 is 1.83 bits per heavy atom. The SMILES string of the molecule is COC(OC)OCCC[C@H](C)[C@@H](C=O)N(C)Cc1ccccc1. The summed E-state index contributed by atoms with van der Waals surface area (Å²) in [5.41, 5.74) is 1.21. The van der Waals surface area contributed by atoms with Crippen LogP contribution in [0.5, 0.6) is 0 Å². The molecule has 0 spiro atoms. The summed E-state index contributed by atoms with van der Waals surface area (Å²) in [6.07, 6.45) is 2.80. The summed E-state index contributed by atoms with van der Waals surface area (Å²) in [6.45, 7) is 2.79. The topological polar surface area (TPSA) is 48.0 Å². The minimum atomic E-state index is -0.618. The number of rotatable bonds is 12. The molecule has 0 aliphatic rings. The number of carbonyl (C=O) groups excluding carboxylic acids is 1. The molecule has 5 nitrogen and oxygen atoms in total. The molecule has 0 saturated heterocycles. The van der Waals surface area contributed by atoms with E-state index in [9.17, 15) is 4.79 Å². The largest absolute Gasteiger partial charge is 0.333 e. The Labute approximate surface area is 139 Å². The zero-order valence-corrected chi connectivity index (χ0v) is 14.6. The fourth-order valence-corrected chi connectivity index (χ4v) is 2.64. The van der Waals surface area contributed by atoms with Gasteiger partial charge >= 0.3 is 0 Å². The van der Waals surface area contributed by atoms with Gasteiger partial charge in [0.1, 0.15) is 6.29 Å². The van der Waals surface area contributed by atoms with E-state index < -0.39 is 6.48 Å². The second-order valence-electron chi connectivity index (χ2n) is 5.78. The van der Waals surface area contributed by atoms with Crippen LogP contribution in [0.3, 0.4) is 0 Å². The third kappa shape index (κ3) is 7.22. The minimum absolute atomic E-state index is 0.101. The van der Waals surface area contributed by atoms with Crippen molar-refractivity contribution in [3.05, 3.63) is 35.9 Å². The lowest BCUT2D eigenvalue weighted by Gasteiger charge is -2.28. The predicted octanol–water partition coefficient (Wildman–Crippen LogP) is 2.70. The van der Waals surface area contributed by atoms with Gasteiger partial charge in [0.2, 0.25) is 0 Å². The summed E-state index contributed by atoms with van der Waals surface area (Å²) in [5, 5.41) is 0. The number of benzene rings is 1. The number of carbonyl (C=O) groups is 1. The van der Waals surface area contributed by atoms with Crippen LogP contribution in [0.15, 0.2) is 30.3 Å². The Morgan fingerprint density at radius 3 is 2.39 bits per heavy atom. The standard InChI is InChI=1S/C18H29NO4/c1-15(9-8-12-23-18(21-3)22-4)17(14-20)19(2)13-16-10-6-5-7-11-16/h5-7,10-11,14-15,17-18H,8-9,12-13H2,1-4H3/t15-,17+/m0/s1. The molecule has 0 unspecified atom stereocenters. The van der Waals surface area contributed by atoms with Gasteiger partial charge in [-0.05, 0) is 31.4 Å². The monoisotopic (exact) mass is 323 g/mol. The molecule has 0 heterocycles. The maximum Gasteiger partial charge on any atom is 0.271 e. The molecule has 0 fully saturated rings. The molecule has 2 atom stereocenters. The maximum absolute atomic E-state index is 11.5. The van der Waals surface area contributed by atoms with Gasteiger partial charge in [0, 0.05) is 20.8 Å². The van der Waals surface area contributed by atoms with Crippen LogP contribution in [0.1, 0.15) is 25.3 Å². The molecule has 0 amide bonds. The first-order valence-corrected chi connectivity index (χ1v) is 7.99. The summed E-state index contributed by atoms with van der Waals surface area (Å²) < 4.78 is 15.4. The highest BCUT2D eigenvalue weighted by molar-refractivity contribution is 5.58. The zero-order valence-electron chi connectivity index (χ0n) is 14.6. The van der Waals surface area contributed by atoms with Crippen molar-refractivity contribution in [2.24, 2.45) is 5.92 Å². The summed E-state index contributed by atoms with van der Waals surface area (Å²) in [5.74, 6) is 0.258. The first-order valence-electron chi connectivity index (χ1n) is 7.99. The number of likely N-dealkylation sites (N-methyl/N-ethyl adjacent to an activating group) is 1. The van der Waals surface area contributed by atoms with Gasteiger partial charge in [-0.2, -0.15) is 0 Å². The quantitative estimate of drug-likeness (QED) is 0.336. The van der Waals surface area contributed by atoms with Crippen LogP contribution >= 0.6 is 0 Å². The van der Waals surface area contributed by atoms with Crippen molar-refractivity contribution in [3.63, 3.8) is 0 Å². The molecule has 0 aliphatic heterocycles. The van der Waals surface area contributed by atoms with E-state index in [2.05, 4.69) is 24.0 Å². The average Bonchev–Trinajstić information content (AvgIpc) is 2.56. The van der Waals surface area contributed by atoms with Crippen molar-refractivity contribution >= 4 is 6.29 Å². The number of hydrogen-bond acceptors (Lipinski definition) is 5. The van der Waals surface area contributed by atoms with Crippen molar-refractivity contribution < 1.29 is 19.0 Å². The molecular formula is C18H29NO4. The van der Waals surface area contributed by atoms with Crippen molar-refractivity contribution in [1.29, 1.82) is 0 Å². The minimum Gasteiger partial charge on any atom is -0.333 e. The molecule has 1 rings (SSSR count). The van der Waals surface area contributed by atoms with E-state index in [1.807, 2.05) is 25.2 Å². The van der Waals surface area contributed by atoms with Gasteiger partial charge < -0.3 is 19.0 Å². The fraction of sp³-hybridized carbons (Fsp3) is 0.611. The van der Waals surface area contributed by atoms with E-state index in [0.29, 0.717) is 6.61 Å². The van der Waals surface area contributed by atoms with Gasteiger partial charge in [-0.15, -0.1) is 0 Å². The molecular weight excluding hydrogens is 294 g/mol. The molecule has 130 valence electrons. The number of ether oxygens (including phenoxy) is 3. The Hall–Kier alpha value is -1.27. The Balaban J connectivity index is 2.39. The highest BCUT2D eigenvalue weighted by atomic mass is 16.8. The lowest BCUT2D eigenvalue weighted by atomic mass is 9.96. The number of methoxy groups -OCH3 is 2. The van der Waals surface area contributed by atoms with E-state index in [4.69, 9.17) is 14.2 Å². The smallest absolute Gasteiger partial charge is 0.271 e. The highest BCUT2D eigenvalue weighted by Crippen LogP contribution is 2.17. The van der Waals surface area contributed by atoms with Crippen LogP contribution in [0.2, 0.25) is 0 Å². The molecule has 23 heavy (non-hydrogen) atoms. The first kappa shape index (κ1) is 19.8. The van der Waals surface area contributed by atoms with Gasteiger partial charge in [-0.25, -0.2) is 0 Å². The highest BCUT2D eigenvalue weighted by Gasteiger charge is 2.21. The normalized spacial score (nSPS) is 14.2. The third-order valence-electron chi connectivity index (χ3n) is 3.95. The van der Waals surface area contributed by atoms with Crippen molar-refractivity contribution in [2.45, 2.75) is 38.8 Å². The molecule has 1 aromatic rings. The van der Waals surface area contributed by atoms with E-state index in [1.165, 1.54) is 19.8 Å². The van der Waals surface area contributed by atoms with Gasteiger partial charge in [0.05, 0.1) is 12.6 Å². The van der Waals surface area contributed by atoms with Gasteiger partial charge in [-0.3, -0.25) is 4.90 Å². The molecule has 0 saturated carbocycles. The van der Waals surface area contributed by atoms with E-state index in [1.54, 1.807) is 0 Å². The van der Waals surface area contributed by atoms with Crippen molar-refractivity contribution in [3.8, 4) is 0 Å². The summed E-state index contributed by atoms with van der Waals surface area (Å²) >= 11 is 0. The van der Waals surface area contributed by atoms with E-state index >= 15 is 0 Å². The summed E-state index contributed by atoms with van der Waals surface area (Å²) in [7, 11) is 5.07. The molecule has 0 aliphatic carbocycles.